The zero-order valence-corrected chi connectivity index (χ0v) is 22.6. The smallest absolute Gasteiger partial charge is 0.336 e. The fourth-order valence-corrected chi connectivity index (χ4v) is 4.56. The summed E-state index contributed by atoms with van der Waals surface area (Å²) in [6.45, 7) is 0. The van der Waals surface area contributed by atoms with E-state index in [1.165, 1.54) is 17.2 Å². The zero-order chi connectivity index (χ0) is 27.0. The summed E-state index contributed by atoms with van der Waals surface area (Å²) in [5.74, 6) is -0.335. The number of rotatable bonds is 7. The van der Waals surface area contributed by atoms with Crippen molar-refractivity contribution in [1.82, 2.24) is 5.01 Å². The molecule has 4 aromatic carbocycles. The Hall–Kier alpha value is -4.55. The van der Waals surface area contributed by atoms with Gasteiger partial charge in [-0.15, -0.1) is 0 Å². The van der Waals surface area contributed by atoms with Crippen molar-refractivity contribution in [1.29, 1.82) is 0 Å². The lowest BCUT2D eigenvalue weighted by atomic mass is 9.98. The maximum absolute atomic E-state index is 13.4. The Morgan fingerprint density at radius 2 is 1.36 bits per heavy atom. The average molecular weight is 577 g/mol. The van der Waals surface area contributed by atoms with E-state index in [1.807, 2.05) is 97.1 Å². The van der Waals surface area contributed by atoms with Crippen LogP contribution in [0.15, 0.2) is 131 Å². The van der Waals surface area contributed by atoms with Crippen LogP contribution < -0.4 is 4.74 Å². The van der Waals surface area contributed by atoms with Gasteiger partial charge in [-0.2, -0.15) is 5.10 Å². The van der Waals surface area contributed by atoms with E-state index in [0.29, 0.717) is 23.4 Å². The van der Waals surface area contributed by atoms with Crippen molar-refractivity contribution in [3.63, 3.8) is 0 Å². The Balaban J connectivity index is 1.42. The molecule has 39 heavy (non-hydrogen) atoms. The Morgan fingerprint density at radius 3 is 2.03 bits per heavy atom. The Bertz CT molecular complexity index is 1550. The van der Waals surface area contributed by atoms with Crippen molar-refractivity contribution < 1.29 is 14.3 Å². The van der Waals surface area contributed by atoms with Gasteiger partial charge in [0.25, 0.3) is 5.91 Å². The van der Waals surface area contributed by atoms with Gasteiger partial charge in [-0.05, 0) is 53.1 Å². The van der Waals surface area contributed by atoms with E-state index in [2.05, 4.69) is 15.9 Å². The van der Waals surface area contributed by atoms with Gasteiger partial charge in [0.2, 0.25) is 0 Å². The third-order valence-electron chi connectivity index (χ3n) is 6.23. The molecule has 0 aromatic heterocycles. The molecule has 1 heterocycles. The highest BCUT2D eigenvalue weighted by Gasteiger charge is 2.33. The first kappa shape index (κ1) is 26.1. The Morgan fingerprint density at radius 1 is 0.769 bits per heavy atom. The summed E-state index contributed by atoms with van der Waals surface area (Å²) in [6.07, 6.45) is 6.90. The van der Waals surface area contributed by atoms with E-state index in [4.69, 9.17) is 9.84 Å². The van der Waals surface area contributed by atoms with Crippen molar-refractivity contribution >= 4 is 45.7 Å². The number of hydrogen-bond donors (Lipinski definition) is 0. The van der Waals surface area contributed by atoms with Crippen LogP contribution in [0, 0.1) is 0 Å². The van der Waals surface area contributed by atoms with Gasteiger partial charge in [0.1, 0.15) is 5.75 Å². The summed E-state index contributed by atoms with van der Waals surface area (Å²) in [7, 11) is 0. The van der Waals surface area contributed by atoms with Crippen molar-refractivity contribution in [2.75, 3.05) is 0 Å². The van der Waals surface area contributed by atoms with E-state index in [1.54, 1.807) is 24.3 Å². The molecule has 5 rings (SSSR count). The predicted octanol–water partition coefficient (Wildman–Crippen LogP) is 7.46. The van der Waals surface area contributed by atoms with Crippen LogP contribution in [-0.4, -0.2) is 22.6 Å². The predicted molar refractivity (Wildman–Crippen MR) is 158 cm³/mol. The van der Waals surface area contributed by atoms with Crippen molar-refractivity contribution in [2.45, 2.75) is 12.5 Å². The number of para-hydroxylation sites is 1. The Labute approximate surface area is 235 Å². The quantitative estimate of drug-likeness (QED) is 0.130. The minimum atomic E-state index is -0.493. The molecule has 1 amide bonds. The van der Waals surface area contributed by atoms with Crippen LogP contribution in [0.4, 0.5) is 0 Å². The molecule has 6 heteroatoms. The normalized spacial score (nSPS) is 15.1. The molecule has 0 spiro atoms. The van der Waals surface area contributed by atoms with Crippen LogP contribution in [0.1, 0.15) is 34.7 Å². The van der Waals surface area contributed by atoms with Crippen LogP contribution >= 0.6 is 15.9 Å². The van der Waals surface area contributed by atoms with E-state index in [-0.39, 0.29) is 11.9 Å². The van der Waals surface area contributed by atoms with Crippen LogP contribution in [-0.2, 0) is 9.59 Å². The molecule has 0 unspecified atom stereocenters. The summed E-state index contributed by atoms with van der Waals surface area (Å²) in [4.78, 5) is 26.0. The number of ether oxygens (including phenoxy) is 1. The minimum Gasteiger partial charge on any atom is -0.423 e. The van der Waals surface area contributed by atoms with Crippen LogP contribution in [0.3, 0.4) is 0 Å². The molecule has 1 aliphatic heterocycles. The number of carbonyl (C=O) groups is 2. The number of amides is 1. The molecule has 5 nitrogen and oxygen atoms in total. The SMILES string of the molecule is O=C(/C=C/c1ccccc1)Oc1ccccc1C1=NN(C(=O)/C=C/c2ccccc2)[C@H](c2ccc(Br)cc2)C1. The van der Waals surface area contributed by atoms with Gasteiger partial charge in [0.05, 0.1) is 11.8 Å². The first-order valence-corrected chi connectivity index (χ1v) is 13.3. The molecule has 0 bridgehead atoms. The number of carbonyl (C=O) groups excluding carboxylic acids is 2. The van der Waals surface area contributed by atoms with E-state index in [0.717, 1.165) is 21.2 Å². The van der Waals surface area contributed by atoms with Crippen molar-refractivity contribution in [2.24, 2.45) is 5.10 Å². The van der Waals surface area contributed by atoms with E-state index >= 15 is 0 Å². The molecule has 4 aromatic rings. The maximum atomic E-state index is 13.4. The molecular weight excluding hydrogens is 552 g/mol. The molecule has 1 aliphatic rings. The minimum absolute atomic E-state index is 0.234. The first-order chi connectivity index (χ1) is 19.1. The molecule has 1 atom stereocenters. The van der Waals surface area contributed by atoms with Crippen LogP contribution in [0.5, 0.6) is 5.75 Å². The number of hydrazone groups is 1. The highest BCUT2D eigenvalue weighted by molar-refractivity contribution is 9.10. The largest absolute Gasteiger partial charge is 0.423 e. The van der Waals surface area contributed by atoms with E-state index in [9.17, 15) is 9.59 Å². The van der Waals surface area contributed by atoms with Gasteiger partial charge in [-0.1, -0.05) is 101 Å². The molecule has 0 N–H and O–H groups in total. The summed E-state index contributed by atoms with van der Waals surface area (Å²) >= 11 is 3.48. The summed E-state index contributed by atoms with van der Waals surface area (Å²) < 4.78 is 6.66. The van der Waals surface area contributed by atoms with Crippen molar-refractivity contribution in [3.05, 3.63) is 148 Å². The second-order valence-corrected chi connectivity index (χ2v) is 9.82. The molecule has 0 saturated carbocycles. The lowest BCUT2D eigenvalue weighted by molar-refractivity contribution is -0.129. The van der Waals surface area contributed by atoms with Gasteiger partial charge in [0, 0.05) is 28.6 Å². The molecule has 192 valence electrons. The summed E-state index contributed by atoms with van der Waals surface area (Å²) in [5.41, 5.74) is 4.12. The second kappa shape index (κ2) is 12.3. The molecular formula is C33H25BrN2O3. The molecule has 0 radical (unpaired) electrons. The lowest BCUT2D eigenvalue weighted by Gasteiger charge is -2.20. The topological polar surface area (TPSA) is 59.0 Å². The van der Waals surface area contributed by atoms with E-state index < -0.39 is 5.97 Å². The number of hydrogen-bond acceptors (Lipinski definition) is 4. The molecule has 0 saturated heterocycles. The zero-order valence-electron chi connectivity index (χ0n) is 21.0. The molecule has 0 fully saturated rings. The van der Waals surface area contributed by atoms with Gasteiger partial charge in [0.15, 0.2) is 0 Å². The van der Waals surface area contributed by atoms with Gasteiger partial charge in [-0.25, -0.2) is 9.80 Å². The third kappa shape index (κ3) is 6.67. The average Bonchev–Trinajstić information content (AvgIpc) is 3.42. The Kier molecular flexibility index (Phi) is 8.24. The summed E-state index contributed by atoms with van der Waals surface area (Å²) in [6, 6.07) is 34.0. The van der Waals surface area contributed by atoms with Crippen LogP contribution in [0.25, 0.3) is 12.2 Å². The number of halogens is 1. The highest BCUT2D eigenvalue weighted by atomic mass is 79.9. The fourth-order valence-electron chi connectivity index (χ4n) is 4.29. The lowest BCUT2D eigenvalue weighted by Crippen LogP contribution is -2.25. The third-order valence-corrected chi connectivity index (χ3v) is 6.76. The number of benzene rings is 4. The molecule has 0 aliphatic carbocycles. The number of esters is 1. The van der Waals surface area contributed by atoms with Crippen LogP contribution in [0.2, 0.25) is 0 Å². The van der Waals surface area contributed by atoms with Gasteiger partial charge in [-0.3, -0.25) is 4.79 Å². The standard InChI is InChI=1S/C33H25BrN2O3/c34-27-19-17-26(18-20-27)30-23-29(35-36(30)32(37)21-15-24-9-3-1-4-10-24)28-13-7-8-14-31(28)39-33(38)22-16-25-11-5-2-6-12-25/h1-22,30H,23H2/b21-15+,22-16+/t30-/m0/s1. The van der Waals surface area contributed by atoms with Crippen molar-refractivity contribution in [3.8, 4) is 5.75 Å². The number of nitrogens with zero attached hydrogens (tertiary/aromatic N) is 2. The maximum Gasteiger partial charge on any atom is 0.336 e. The van der Waals surface area contributed by atoms with Gasteiger partial charge < -0.3 is 4.74 Å². The highest BCUT2D eigenvalue weighted by Crippen LogP contribution is 2.35. The first-order valence-electron chi connectivity index (χ1n) is 12.5. The monoisotopic (exact) mass is 576 g/mol. The fraction of sp³-hybridized carbons (Fsp3) is 0.0606. The summed E-state index contributed by atoms with van der Waals surface area (Å²) in [5, 5.41) is 6.25. The van der Waals surface area contributed by atoms with Gasteiger partial charge >= 0.3 is 5.97 Å². The second-order valence-electron chi connectivity index (χ2n) is 8.91.